The highest BCUT2D eigenvalue weighted by molar-refractivity contribution is 5.76. The highest BCUT2D eigenvalue weighted by atomic mass is 16.3. The van der Waals surface area contributed by atoms with E-state index in [0.29, 0.717) is 12.0 Å². The zero-order valence-electron chi connectivity index (χ0n) is 14.3. The third-order valence-electron chi connectivity index (χ3n) is 5.89. The number of unbranched alkanes of at least 4 members (excludes halogenated alkanes) is 1. The number of rotatable bonds is 6. The van der Waals surface area contributed by atoms with Gasteiger partial charge in [0.1, 0.15) is 0 Å². The predicted molar refractivity (Wildman–Crippen MR) is 94.1 cm³/mol. The monoisotopic (exact) mass is 328 g/mol. The van der Waals surface area contributed by atoms with E-state index in [1.165, 1.54) is 36.0 Å². The van der Waals surface area contributed by atoms with Crippen LogP contribution in [0.15, 0.2) is 18.2 Å². The molecule has 0 heterocycles. The van der Waals surface area contributed by atoms with Gasteiger partial charge in [0.05, 0.1) is 6.04 Å². The van der Waals surface area contributed by atoms with Gasteiger partial charge in [-0.05, 0) is 74.0 Å². The first-order valence-corrected chi connectivity index (χ1v) is 9.57. The zero-order chi connectivity index (χ0) is 16.5. The number of hydrogen-bond acceptors (Lipinski definition) is 2. The maximum atomic E-state index is 12.8. The maximum Gasteiger partial charge on any atom is 0.318 e. The second-order valence-electron chi connectivity index (χ2n) is 7.60. The Bertz CT molecular complexity index is 612. The van der Waals surface area contributed by atoms with Crippen molar-refractivity contribution in [3.8, 4) is 0 Å². The molecule has 1 fully saturated rings. The minimum Gasteiger partial charge on any atom is -0.396 e. The molecule has 0 aliphatic heterocycles. The Labute approximate surface area is 144 Å². The molecule has 4 rings (SSSR count). The van der Waals surface area contributed by atoms with E-state index in [0.717, 1.165) is 38.6 Å². The van der Waals surface area contributed by atoms with Crippen LogP contribution in [0.5, 0.6) is 0 Å². The number of amides is 2. The smallest absolute Gasteiger partial charge is 0.318 e. The summed E-state index contributed by atoms with van der Waals surface area (Å²) in [5, 5.41) is 12.3. The lowest BCUT2D eigenvalue weighted by atomic mass is 9.84. The highest BCUT2D eigenvalue weighted by Gasteiger charge is 2.38. The third kappa shape index (κ3) is 3.04. The molecule has 1 saturated carbocycles. The number of carbonyl (C=O) groups excluding carboxylic acids is 1. The van der Waals surface area contributed by atoms with Crippen LogP contribution in [-0.2, 0) is 6.42 Å². The Morgan fingerprint density at radius 3 is 2.92 bits per heavy atom. The van der Waals surface area contributed by atoms with E-state index in [1.54, 1.807) is 0 Å². The Morgan fingerprint density at radius 2 is 2.12 bits per heavy atom. The van der Waals surface area contributed by atoms with Gasteiger partial charge in [0, 0.05) is 19.2 Å². The highest BCUT2D eigenvalue weighted by Crippen LogP contribution is 2.47. The number of aliphatic hydroxyl groups is 1. The molecule has 0 saturated heterocycles. The van der Waals surface area contributed by atoms with E-state index in [1.807, 2.05) is 4.90 Å². The molecule has 0 radical (unpaired) electrons. The summed E-state index contributed by atoms with van der Waals surface area (Å²) in [7, 11) is 0. The Balaban J connectivity index is 1.46. The number of nitrogens with one attached hydrogen (secondary N) is 1. The molecule has 24 heavy (non-hydrogen) atoms. The molecule has 2 amide bonds. The summed E-state index contributed by atoms with van der Waals surface area (Å²) < 4.78 is 0. The SMILES string of the molecule is O=C(NC1CC2CCCc3cccc1c32)N(CCCCO)C1CC1. The van der Waals surface area contributed by atoms with Crippen LogP contribution in [0.25, 0.3) is 0 Å². The standard InChI is InChI=1S/C20H28N2O2/c23-12-2-1-11-22(16-9-10-16)20(24)21-18-13-15-7-3-5-14-6-4-8-17(18)19(14)15/h4,6,8,15-16,18,23H,1-3,5,7,9-13H2,(H,21,24). The van der Waals surface area contributed by atoms with Crippen LogP contribution in [0, 0.1) is 0 Å². The number of nitrogens with zero attached hydrogens (tertiary/aromatic N) is 1. The lowest BCUT2D eigenvalue weighted by Crippen LogP contribution is -2.43. The van der Waals surface area contributed by atoms with Gasteiger partial charge in [0.25, 0.3) is 0 Å². The summed E-state index contributed by atoms with van der Waals surface area (Å²) in [5.74, 6) is 0.638. The minimum absolute atomic E-state index is 0.0942. The first-order chi connectivity index (χ1) is 11.8. The zero-order valence-corrected chi connectivity index (χ0v) is 14.3. The number of urea groups is 1. The Morgan fingerprint density at radius 1 is 1.25 bits per heavy atom. The number of aryl methyl sites for hydroxylation is 1. The number of carbonyl (C=O) groups is 1. The van der Waals surface area contributed by atoms with Gasteiger partial charge in [-0.2, -0.15) is 0 Å². The van der Waals surface area contributed by atoms with E-state index < -0.39 is 0 Å². The molecular weight excluding hydrogens is 300 g/mol. The topological polar surface area (TPSA) is 52.6 Å². The minimum atomic E-state index is 0.0942. The molecule has 0 spiro atoms. The van der Waals surface area contributed by atoms with Gasteiger partial charge in [-0.25, -0.2) is 4.79 Å². The van der Waals surface area contributed by atoms with Crippen molar-refractivity contribution >= 4 is 6.03 Å². The molecule has 4 heteroatoms. The molecule has 3 aliphatic rings. The average molecular weight is 328 g/mol. The van der Waals surface area contributed by atoms with Crippen LogP contribution in [0.3, 0.4) is 0 Å². The Kier molecular flexibility index (Phi) is 4.49. The molecule has 4 nitrogen and oxygen atoms in total. The quantitative estimate of drug-likeness (QED) is 0.785. The summed E-state index contributed by atoms with van der Waals surface area (Å²) in [6, 6.07) is 7.32. The van der Waals surface area contributed by atoms with Crippen LogP contribution in [0.2, 0.25) is 0 Å². The van der Waals surface area contributed by atoms with Gasteiger partial charge in [-0.1, -0.05) is 18.2 Å². The molecule has 3 aliphatic carbocycles. The molecular formula is C20H28N2O2. The van der Waals surface area contributed by atoms with E-state index in [4.69, 9.17) is 5.11 Å². The molecule has 2 unspecified atom stereocenters. The van der Waals surface area contributed by atoms with Gasteiger partial charge in [0.15, 0.2) is 0 Å². The van der Waals surface area contributed by atoms with Gasteiger partial charge in [-0.3, -0.25) is 0 Å². The molecule has 0 aromatic heterocycles. The molecule has 0 bridgehead atoms. The van der Waals surface area contributed by atoms with E-state index in [-0.39, 0.29) is 18.7 Å². The number of benzene rings is 1. The summed E-state index contributed by atoms with van der Waals surface area (Å²) in [4.78, 5) is 14.8. The maximum absolute atomic E-state index is 12.8. The number of hydrogen-bond donors (Lipinski definition) is 2. The summed E-state index contributed by atoms with van der Waals surface area (Å²) >= 11 is 0. The average Bonchev–Trinajstić information content (AvgIpc) is 3.37. The third-order valence-corrected chi connectivity index (χ3v) is 5.89. The molecule has 1 aromatic carbocycles. The van der Waals surface area contributed by atoms with Crippen molar-refractivity contribution in [2.75, 3.05) is 13.2 Å². The normalized spacial score (nSPS) is 24.5. The van der Waals surface area contributed by atoms with Gasteiger partial charge < -0.3 is 15.3 Å². The molecule has 2 atom stereocenters. The van der Waals surface area contributed by atoms with Gasteiger partial charge in [-0.15, -0.1) is 0 Å². The number of aliphatic hydroxyl groups excluding tert-OH is 1. The van der Waals surface area contributed by atoms with Crippen LogP contribution < -0.4 is 5.32 Å². The van der Waals surface area contributed by atoms with E-state index in [2.05, 4.69) is 23.5 Å². The van der Waals surface area contributed by atoms with Gasteiger partial charge >= 0.3 is 6.03 Å². The van der Waals surface area contributed by atoms with Crippen molar-refractivity contribution in [1.82, 2.24) is 10.2 Å². The molecule has 1 aromatic rings. The van der Waals surface area contributed by atoms with Crippen molar-refractivity contribution in [2.45, 2.75) is 69.4 Å². The molecule has 2 N–H and O–H groups in total. The summed E-state index contributed by atoms with van der Waals surface area (Å²) in [6.07, 6.45) is 8.70. The lowest BCUT2D eigenvalue weighted by Gasteiger charge is -2.25. The fourth-order valence-electron chi connectivity index (χ4n) is 4.58. The van der Waals surface area contributed by atoms with E-state index >= 15 is 0 Å². The van der Waals surface area contributed by atoms with Gasteiger partial charge in [0.2, 0.25) is 0 Å². The van der Waals surface area contributed by atoms with Crippen LogP contribution in [0.1, 0.15) is 73.6 Å². The van der Waals surface area contributed by atoms with Crippen molar-refractivity contribution in [2.24, 2.45) is 0 Å². The van der Waals surface area contributed by atoms with E-state index in [9.17, 15) is 4.79 Å². The van der Waals surface area contributed by atoms with Crippen LogP contribution >= 0.6 is 0 Å². The first-order valence-electron chi connectivity index (χ1n) is 9.57. The van der Waals surface area contributed by atoms with Crippen molar-refractivity contribution < 1.29 is 9.90 Å². The fourth-order valence-corrected chi connectivity index (χ4v) is 4.58. The van der Waals surface area contributed by atoms with Crippen LogP contribution in [0.4, 0.5) is 4.79 Å². The lowest BCUT2D eigenvalue weighted by molar-refractivity contribution is 0.186. The van der Waals surface area contributed by atoms with Crippen LogP contribution in [-0.4, -0.2) is 35.2 Å². The van der Waals surface area contributed by atoms with Crippen molar-refractivity contribution in [1.29, 1.82) is 0 Å². The predicted octanol–water partition coefficient (Wildman–Crippen LogP) is 3.50. The Hall–Kier alpha value is -1.55. The summed E-state index contributed by atoms with van der Waals surface area (Å²) in [5.41, 5.74) is 4.39. The van der Waals surface area contributed by atoms with Crippen molar-refractivity contribution in [3.63, 3.8) is 0 Å². The first kappa shape index (κ1) is 15.9. The second-order valence-corrected chi connectivity index (χ2v) is 7.60. The van der Waals surface area contributed by atoms with Crippen molar-refractivity contribution in [3.05, 3.63) is 34.9 Å². The fraction of sp³-hybridized carbons (Fsp3) is 0.650. The second kappa shape index (κ2) is 6.75. The summed E-state index contributed by atoms with van der Waals surface area (Å²) in [6.45, 7) is 0.973. The largest absolute Gasteiger partial charge is 0.396 e. The molecule has 130 valence electrons.